The third-order valence-corrected chi connectivity index (χ3v) is 0.915. The van der Waals surface area contributed by atoms with Crippen LogP contribution in [0.5, 0.6) is 0 Å². The summed E-state index contributed by atoms with van der Waals surface area (Å²) in [5.74, 6) is -0.183. The SMILES string of the molecule is CO/C=C/C(OC)=C(\C)F. The van der Waals surface area contributed by atoms with Gasteiger partial charge in [-0.3, -0.25) is 0 Å². The molecule has 0 atom stereocenters. The highest BCUT2D eigenvalue weighted by atomic mass is 19.1. The van der Waals surface area contributed by atoms with Crippen molar-refractivity contribution >= 4 is 0 Å². The van der Waals surface area contributed by atoms with Crippen LogP contribution in [0.25, 0.3) is 0 Å². The van der Waals surface area contributed by atoms with Crippen LogP contribution in [0, 0.1) is 0 Å². The number of rotatable bonds is 3. The van der Waals surface area contributed by atoms with E-state index in [9.17, 15) is 4.39 Å². The van der Waals surface area contributed by atoms with Gasteiger partial charge in [-0.15, -0.1) is 0 Å². The van der Waals surface area contributed by atoms with Crippen molar-refractivity contribution in [2.24, 2.45) is 0 Å². The fourth-order valence-corrected chi connectivity index (χ4v) is 0.453. The van der Waals surface area contributed by atoms with E-state index >= 15 is 0 Å². The van der Waals surface area contributed by atoms with Gasteiger partial charge in [0.15, 0.2) is 5.76 Å². The molecule has 0 rings (SSSR count). The molecule has 0 bridgehead atoms. The molecule has 0 aromatic rings. The topological polar surface area (TPSA) is 18.5 Å². The van der Waals surface area contributed by atoms with Crippen LogP contribution in [0.1, 0.15) is 6.92 Å². The second-order valence-electron chi connectivity index (χ2n) is 1.64. The van der Waals surface area contributed by atoms with Crippen LogP contribution in [0.15, 0.2) is 23.9 Å². The van der Waals surface area contributed by atoms with Crippen molar-refractivity contribution < 1.29 is 13.9 Å². The quantitative estimate of drug-likeness (QED) is 0.447. The Labute approximate surface area is 59.9 Å². The maximum absolute atomic E-state index is 12.3. The van der Waals surface area contributed by atoms with E-state index in [1.807, 2.05) is 0 Å². The molecule has 0 fully saturated rings. The van der Waals surface area contributed by atoms with E-state index in [0.717, 1.165) is 0 Å². The summed E-state index contributed by atoms with van der Waals surface area (Å²) >= 11 is 0. The van der Waals surface area contributed by atoms with Gasteiger partial charge in [0.1, 0.15) is 5.83 Å². The van der Waals surface area contributed by atoms with Gasteiger partial charge in [-0.2, -0.15) is 0 Å². The van der Waals surface area contributed by atoms with Gasteiger partial charge in [0.2, 0.25) is 0 Å². The minimum atomic E-state index is -0.365. The molecule has 0 aliphatic rings. The molecule has 0 saturated heterocycles. The summed E-state index contributed by atoms with van der Waals surface area (Å²) in [7, 11) is 2.88. The van der Waals surface area contributed by atoms with E-state index in [4.69, 9.17) is 0 Å². The Balaban J connectivity index is 4.10. The van der Waals surface area contributed by atoms with E-state index in [1.54, 1.807) is 0 Å². The summed E-state index contributed by atoms with van der Waals surface area (Å²) in [6.07, 6.45) is 2.76. The lowest BCUT2D eigenvalue weighted by molar-refractivity contribution is 0.283. The van der Waals surface area contributed by atoms with Crippen LogP contribution in [0.2, 0.25) is 0 Å². The molecule has 0 aliphatic heterocycles. The molecule has 0 aromatic carbocycles. The summed E-state index contributed by atoms with van der Waals surface area (Å²) in [5.41, 5.74) is 0. The summed E-state index contributed by atoms with van der Waals surface area (Å²) in [5, 5.41) is 0. The van der Waals surface area contributed by atoms with Gasteiger partial charge in [-0.25, -0.2) is 4.39 Å². The zero-order valence-corrected chi connectivity index (χ0v) is 6.35. The fourth-order valence-electron chi connectivity index (χ4n) is 0.453. The smallest absolute Gasteiger partial charge is 0.153 e. The Morgan fingerprint density at radius 2 is 2.00 bits per heavy atom. The molecule has 0 amide bonds. The van der Waals surface area contributed by atoms with Crippen LogP contribution >= 0.6 is 0 Å². The number of allylic oxidation sites excluding steroid dienone is 2. The maximum Gasteiger partial charge on any atom is 0.153 e. The molecular formula is C7H11FO2. The van der Waals surface area contributed by atoms with E-state index in [1.165, 1.54) is 33.5 Å². The molecule has 2 nitrogen and oxygen atoms in total. The molecule has 0 spiro atoms. The average Bonchev–Trinajstić information content (AvgIpc) is 1.89. The lowest BCUT2D eigenvalue weighted by atomic mass is 10.4. The number of methoxy groups -OCH3 is 2. The van der Waals surface area contributed by atoms with Gasteiger partial charge in [0.25, 0.3) is 0 Å². The van der Waals surface area contributed by atoms with Crippen molar-refractivity contribution in [2.75, 3.05) is 14.2 Å². The first-order valence-corrected chi connectivity index (χ1v) is 2.82. The third-order valence-electron chi connectivity index (χ3n) is 0.915. The Bertz CT molecular complexity index is 146. The monoisotopic (exact) mass is 146 g/mol. The summed E-state index contributed by atoms with van der Waals surface area (Å²) in [6, 6.07) is 0. The Kier molecular flexibility index (Phi) is 4.37. The summed E-state index contributed by atoms with van der Waals surface area (Å²) in [6.45, 7) is 1.32. The van der Waals surface area contributed by atoms with E-state index in [-0.39, 0.29) is 11.6 Å². The predicted molar refractivity (Wildman–Crippen MR) is 37.0 cm³/mol. The minimum Gasteiger partial charge on any atom is -0.504 e. The van der Waals surface area contributed by atoms with Gasteiger partial charge in [-0.05, 0) is 6.92 Å². The van der Waals surface area contributed by atoms with Crippen molar-refractivity contribution in [2.45, 2.75) is 6.92 Å². The van der Waals surface area contributed by atoms with E-state index < -0.39 is 0 Å². The van der Waals surface area contributed by atoms with Gasteiger partial charge in [-0.1, -0.05) is 0 Å². The Hall–Kier alpha value is -0.990. The Morgan fingerprint density at radius 3 is 2.30 bits per heavy atom. The highest BCUT2D eigenvalue weighted by molar-refractivity contribution is 5.12. The molecule has 58 valence electrons. The second-order valence-corrected chi connectivity index (χ2v) is 1.64. The molecular weight excluding hydrogens is 135 g/mol. The van der Waals surface area contributed by atoms with Gasteiger partial charge in [0, 0.05) is 6.08 Å². The second kappa shape index (κ2) is 4.85. The van der Waals surface area contributed by atoms with Crippen LogP contribution in [-0.4, -0.2) is 14.2 Å². The van der Waals surface area contributed by atoms with Crippen molar-refractivity contribution in [1.82, 2.24) is 0 Å². The van der Waals surface area contributed by atoms with Crippen LogP contribution in [-0.2, 0) is 9.47 Å². The molecule has 0 aromatic heterocycles. The summed E-state index contributed by atoms with van der Waals surface area (Å²) < 4.78 is 21.6. The van der Waals surface area contributed by atoms with Crippen LogP contribution in [0.4, 0.5) is 4.39 Å². The normalized spacial score (nSPS) is 13.2. The van der Waals surface area contributed by atoms with Gasteiger partial charge >= 0.3 is 0 Å². The molecule has 3 heteroatoms. The van der Waals surface area contributed by atoms with Gasteiger partial charge in [0.05, 0.1) is 20.5 Å². The molecule has 0 heterocycles. The van der Waals surface area contributed by atoms with Crippen LogP contribution in [0.3, 0.4) is 0 Å². The molecule has 0 saturated carbocycles. The first kappa shape index (κ1) is 9.01. The summed E-state index contributed by atoms with van der Waals surface area (Å²) in [4.78, 5) is 0. The minimum absolute atomic E-state index is 0.182. The lowest BCUT2D eigenvalue weighted by Crippen LogP contribution is -1.84. The largest absolute Gasteiger partial charge is 0.504 e. The molecule has 0 N–H and O–H groups in total. The molecule has 0 aliphatic carbocycles. The van der Waals surface area contributed by atoms with Crippen molar-refractivity contribution in [3.63, 3.8) is 0 Å². The number of hydrogen-bond donors (Lipinski definition) is 0. The molecule has 10 heavy (non-hydrogen) atoms. The van der Waals surface area contributed by atoms with E-state index in [2.05, 4.69) is 9.47 Å². The zero-order valence-electron chi connectivity index (χ0n) is 6.35. The number of ether oxygens (including phenoxy) is 2. The predicted octanol–water partition coefficient (Wildman–Crippen LogP) is 1.99. The fraction of sp³-hybridized carbons (Fsp3) is 0.429. The highest BCUT2D eigenvalue weighted by Gasteiger charge is 1.94. The molecule has 0 radical (unpaired) electrons. The first-order chi connectivity index (χ1) is 4.72. The third kappa shape index (κ3) is 3.12. The van der Waals surface area contributed by atoms with Crippen molar-refractivity contribution in [3.8, 4) is 0 Å². The Morgan fingerprint density at radius 1 is 1.40 bits per heavy atom. The van der Waals surface area contributed by atoms with Crippen molar-refractivity contribution in [1.29, 1.82) is 0 Å². The number of halogens is 1. The average molecular weight is 146 g/mol. The maximum atomic E-state index is 12.3. The zero-order chi connectivity index (χ0) is 7.98. The standard InChI is InChI=1S/C7H11FO2/c1-6(8)7(10-3)4-5-9-2/h4-5H,1-3H3/b5-4+,7-6-. The van der Waals surface area contributed by atoms with Gasteiger partial charge < -0.3 is 9.47 Å². The molecule has 0 unspecified atom stereocenters. The lowest BCUT2D eigenvalue weighted by Gasteiger charge is -1.98. The first-order valence-electron chi connectivity index (χ1n) is 2.82. The highest BCUT2D eigenvalue weighted by Crippen LogP contribution is 2.06. The van der Waals surface area contributed by atoms with Crippen molar-refractivity contribution in [3.05, 3.63) is 23.9 Å². The van der Waals surface area contributed by atoms with E-state index in [0.29, 0.717) is 0 Å². The number of hydrogen-bond acceptors (Lipinski definition) is 2. The van der Waals surface area contributed by atoms with Crippen LogP contribution < -0.4 is 0 Å².